The summed E-state index contributed by atoms with van der Waals surface area (Å²) in [5.74, 6) is 0.190. The Labute approximate surface area is 168 Å². The Kier molecular flexibility index (Phi) is 5.09. The minimum Gasteiger partial charge on any atom is -0.444 e. The number of hydrogen-bond acceptors (Lipinski definition) is 6. The van der Waals surface area contributed by atoms with Gasteiger partial charge in [0.25, 0.3) is 11.8 Å². The lowest BCUT2D eigenvalue weighted by atomic mass is 9.84. The summed E-state index contributed by atoms with van der Waals surface area (Å²) in [6.07, 6.45) is 5.11. The largest absolute Gasteiger partial charge is 0.444 e. The van der Waals surface area contributed by atoms with E-state index in [2.05, 4.69) is 5.92 Å². The molecule has 2 aliphatic heterocycles. The lowest BCUT2D eigenvalue weighted by molar-refractivity contribution is -0.180. The number of imide groups is 1. The van der Waals surface area contributed by atoms with E-state index < -0.39 is 34.9 Å². The van der Waals surface area contributed by atoms with Crippen molar-refractivity contribution in [3.05, 3.63) is 35.4 Å². The van der Waals surface area contributed by atoms with Crippen molar-refractivity contribution in [3.8, 4) is 12.3 Å². The van der Waals surface area contributed by atoms with Gasteiger partial charge in [-0.1, -0.05) is 17.2 Å². The summed E-state index contributed by atoms with van der Waals surface area (Å²) in [7, 11) is 0. The zero-order chi connectivity index (χ0) is 21.4. The van der Waals surface area contributed by atoms with Crippen molar-refractivity contribution in [3.63, 3.8) is 0 Å². The fourth-order valence-corrected chi connectivity index (χ4v) is 3.36. The number of hydroxylamine groups is 2. The van der Waals surface area contributed by atoms with Crippen LogP contribution in [0.25, 0.3) is 0 Å². The highest BCUT2D eigenvalue weighted by Crippen LogP contribution is 2.37. The molecule has 3 amide bonds. The molecule has 1 atom stereocenters. The first-order valence-electron chi connectivity index (χ1n) is 9.19. The van der Waals surface area contributed by atoms with Gasteiger partial charge in [-0.05, 0) is 39.3 Å². The molecule has 1 aromatic carbocycles. The maximum atomic E-state index is 13.0. The highest BCUT2D eigenvalue weighted by molar-refractivity contribution is 6.20. The van der Waals surface area contributed by atoms with Crippen molar-refractivity contribution >= 4 is 23.9 Å². The molecule has 0 saturated carbocycles. The van der Waals surface area contributed by atoms with Gasteiger partial charge in [0.15, 0.2) is 0 Å². The van der Waals surface area contributed by atoms with E-state index >= 15 is 0 Å². The van der Waals surface area contributed by atoms with Crippen LogP contribution in [-0.4, -0.2) is 52.5 Å². The number of rotatable bonds is 3. The number of amides is 3. The lowest BCUT2D eigenvalue weighted by Gasteiger charge is -2.28. The molecule has 8 nitrogen and oxygen atoms in total. The number of hydrogen-bond donors (Lipinski definition) is 0. The van der Waals surface area contributed by atoms with Crippen LogP contribution in [0.1, 0.15) is 54.3 Å². The molecule has 0 N–H and O–H groups in total. The number of likely N-dealkylation sites (tertiary alicyclic amines) is 1. The van der Waals surface area contributed by atoms with Gasteiger partial charge in [0, 0.05) is 19.5 Å². The summed E-state index contributed by atoms with van der Waals surface area (Å²) in [5, 5.41) is 0.460. The summed E-state index contributed by atoms with van der Waals surface area (Å²) in [4.78, 5) is 56.8. The van der Waals surface area contributed by atoms with Gasteiger partial charge in [0.05, 0.1) is 11.1 Å². The average molecular weight is 398 g/mol. The smallest absolute Gasteiger partial charge is 0.410 e. The molecule has 0 aliphatic carbocycles. The Bertz CT molecular complexity index is 891. The molecule has 3 rings (SSSR count). The number of benzene rings is 1. The first-order chi connectivity index (χ1) is 13.6. The minimum atomic E-state index is -1.22. The molecule has 1 fully saturated rings. The molecule has 152 valence electrons. The topological polar surface area (TPSA) is 93.2 Å². The summed E-state index contributed by atoms with van der Waals surface area (Å²) < 4.78 is 5.35. The Balaban J connectivity index is 1.76. The number of terminal acetylenes is 1. The van der Waals surface area contributed by atoms with Gasteiger partial charge in [-0.25, -0.2) is 9.59 Å². The molecule has 0 spiro atoms. The standard InChI is InChI=1S/C21H22N2O6/c1-5-10-21(11-12-22(13-21)19(27)28-20(2,3)4)18(26)29-23-16(24)14-8-6-7-9-15(14)17(23)25/h1,6-9H,10-13H2,2-4H3. The van der Waals surface area contributed by atoms with Crippen LogP contribution in [-0.2, 0) is 14.4 Å². The van der Waals surface area contributed by atoms with E-state index in [4.69, 9.17) is 16.0 Å². The SMILES string of the molecule is C#CCC1(C(=O)ON2C(=O)c3ccccc3C2=O)CCN(C(=O)OC(C)(C)C)C1. The maximum Gasteiger partial charge on any atom is 0.410 e. The Morgan fingerprint density at radius 3 is 2.28 bits per heavy atom. The fourth-order valence-electron chi connectivity index (χ4n) is 3.36. The van der Waals surface area contributed by atoms with Crippen LogP contribution >= 0.6 is 0 Å². The summed E-state index contributed by atoms with van der Waals surface area (Å²) in [5.41, 5.74) is -1.58. The van der Waals surface area contributed by atoms with Gasteiger partial charge >= 0.3 is 12.1 Å². The van der Waals surface area contributed by atoms with Crippen molar-refractivity contribution in [2.24, 2.45) is 5.41 Å². The van der Waals surface area contributed by atoms with Crippen LogP contribution < -0.4 is 0 Å². The minimum absolute atomic E-state index is 0.00565. The maximum absolute atomic E-state index is 13.0. The van der Waals surface area contributed by atoms with E-state index in [0.29, 0.717) is 5.06 Å². The third-order valence-corrected chi connectivity index (χ3v) is 4.81. The van der Waals surface area contributed by atoms with E-state index in [0.717, 1.165) is 0 Å². The summed E-state index contributed by atoms with van der Waals surface area (Å²) >= 11 is 0. The fraction of sp³-hybridized carbons (Fsp3) is 0.429. The summed E-state index contributed by atoms with van der Waals surface area (Å²) in [6.45, 7) is 5.45. The normalized spacial score (nSPS) is 21.0. The molecular weight excluding hydrogens is 376 g/mol. The number of fused-ring (bicyclic) bond motifs is 1. The molecule has 1 saturated heterocycles. The molecule has 1 unspecified atom stereocenters. The molecule has 2 aliphatic rings. The van der Waals surface area contributed by atoms with Gasteiger partial charge in [0.1, 0.15) is 11.0 Å². The van der Waals surface area contributed by atoms with Crippen LogP contribution in [0.15, 0.2) is 24.3 Å². The van der Waals surface area contributed by atoms with E-state index in [1.807, 2.05) is 0 Å². The van der Waals surface area contributed by atoms with Gasteiger partial charge in [-0.15, -0.1) is 12.3 Å². The Morgan fingerprint density at radius 1 is 1.17 bits per heavy atom. The zero-order valence-electron chi connectivity index (χ0n) is 16.6. The predicted molar refractivity (Wildman–Crippen MR) is 101 cm³/mol. The van der Waals surface area contributed by atoms with Crippen molar-refractivity contribution in [1.29, 1.82) is 0 Å². The quantitative estimate of drug-likeness (QED) is 0.573. The Morgan fingerprint density at radius 2 is 1.76 bits per heavy atom. The monoisotopic (exact) mass is 398 g/mol. The second-order valence-corrected chi connectivity index (χ2v) is 8.14. The zero-order valence-corrected chi connectivity index (χ0v) is 16.6. The number of ether oxygens (including phenoxy) is 1. The third-order valence-electron chi connectivity index (χ3n) is 4.81. The van der Waals surface area contributed by atoms with Crippen LogP contribution in [0.4, 0.5) is 4.79 Å². The summed E-state index contributed by atoms with van der Waals surface area (Å²) in [6, 6.07) is 6.20. The number of nitrogens with zero attached hydrogens (tertiary/aromatic N) is 2. The van der Waals surface area contributed by atoms with Crippen LogP contribution in [0.5, 0.6) is 0 Å². The lowest BCUT2D eigenvalue weighted by Crippen LogP contribution is -2.43. The highest BCUT2D eigenvalue weighted by Gasteiger charge is 2.50. The van der Waals surface area contributed by atoms with Crippen molar-refractivity contribution < 1.29 is 28.8 Å². The van der Waals surface area contributed by atoms with Crippen LogP contribution in [0, 0.1) is 17.8 Å². The van der Waals surface area contributed by atoms with E-state index in [1.54, 1.807) is 32.9 Å². The van der Waals surface area contributed by atoms with Crippen LogP contribution in [0.3, 0.4) is 0 Å². The van der Waals surface area contributed by atoms with Gasteiger partial charge in [0.2, 0.25) is 0 Å². The first kappa shape index (κ1) is 20.4. The molecule has 0 aromatic heterocycles. The second-order valence-electron chi connectivity index (χ2n) is 8.14. The molecule has 2 heterocycles. The van der Waals surface area contributed by atoms with E-state index in [-0.39, 0.29) is 37.1 Å². The Hall–Kier alpha value is -3.34. The van der Waals surface area contributed by atoms with E-state index in [1.165, 1.54) is 17.0 Å². The number of carbonyl (C=O) groups is 4. The van der Waals surface area contributed by atoms with Gasteiger partial charge in [-0.2, -0.15) is 0 Å². The molecule has 1 aromatic rings. The highest BCUT2D eigenvalue weighted by atomic mass is 16.7. The second kappa shape index (κ2) is 7.24. The van der Waals surface area contributed by atoms with Crippen LogP contribution in [0.2, 0.25) is 0 Å². The van der Waals surface area contributed by atoms with Crippen molar-refractivity contribution in [1.82, 2.24) is 9.96 Å². The van der Waals surface area contributed by atoms with E-state index in [9.17, 15) is 19.2 Å². The predicted octanol–water partition coefficient (Wildman–Crippen LogP) is 2.39. The van der Waals surface area contributed by atoms with Crippen molar-refractivity contribution in [2.75, 3.05) is 13.1 Å². The third kappa shape index (κ3) is 3.81. The average Bonchev–Trinajstić information content (AvgIpc) is 3.18. The molecular formula is C21H22N2O6. The van der Waals surface area contributed by atoms with Gasteiger partial charge < -0.3 is 14.5 Å². The first-order valence-corrected chi connectivity index (χ1v) is 9.19. The molecule has 29 heavy (non-hydrogen) atoms. The molecule has 0 radical (unpaired) electrons. The molecule has 8 heteroatoms. The molecule has 0 bridgehead atoms. The van der Waals surface area contributed by atoms with Gasteiger partial charge in [-0.3, -0.25) is 9.59 Å². The number of carbonyl (C=O) groups excluding carboxylic acids is 4. The van der Waals surface area contributed by atoms with Crippen molar-refractivity contribution in [2.45, 2.75) is 39.2 Å².